The monoisotopic (exact) mass is 1960 g/mol. The smallest absolute Gasteiger partial charge is 0.410 e. The van der Waals surface area contributed by atoms with E-state index in [1.165, 1.54) is 64.1 Å². The first kappa shape index (κ1) is 105. The first-order chi connectivity index (χ1) is 60.8. The van der Waals surface area contributed by atoms with Crippen LogP contribution in [-0.2, 0) is 87.6 Å². The van der Waals surface area contributed by atoms with Gasteiger partial charge in [0.15, 0.2) is 36.2 Å². The summed E-state index contributed by atoms with van der Waals surface area (Å²) in [4.78, 5) is 141. The lowest BCUT2D eigenvalue weighted by Gasteiger charge is -2.60. The number of hydrogen-bond acceptors (Lipinski definition) is 33. The zero-order valence-corrected chi connectivity index (χ0v) is 78.9. The number of halogens is 1. The summed E-state index contributed by atoms with van der Waals surface area (Å²) in [6.45, 7) is 16.4. The molecule has 0 bridgehead atoms. The highest BCUT2D eigenvalue weighted by Gasteiger charge is 2.78. The number of allylic oxidation sites excluding steroid dienone is 2. The molecule has 0 aromatic heterocycles. The van der Waals surface area contributed by atoms with Crippen LogP contribution in [0, 0.1) is 69.2 Å². The lowest BCUT2D eigenvalue weighted by atomic mass is 9.44. The summed E-state index contributed by atoms with van der Waals surface area (Å²) in [5.74, 6) is 4.93. The van der Waals surface area contributed by atoms with Gasteiger partial charge in [-0.05, 0) is 151 Å². The van der Waals surface area contributed by atoms with Crippen LogP contribution in [0.15, 0.2) is 47.6 Å². The number of unbranched alkanes of at least 4 members (excludes halogenated alkanes) is 1. The van der Waals surface area contributed by atoms with Crippen LogP contribution in [0.25, 0.3) is 0 Å². The number of methoxy groups -OCH3 is 4. The molecule has 6 fully saturated rings. The zero-order chi connectivity index (χ0) is 93.9. The molecule has 128 heavy (non-hydrogen) atoms. The number of ketones is 4. The van der Waals surface area contributed by atoms with E-state index in [9.17, 15) is 78.6 Å². The van der Waals surface area contributed by atoms with Gasteiger partial charge in [-0.1, -0.05) is 95.5 Å². The van der Waals surface area contributed by atoms with Crippen LogP contribution in [0.4, 0.5) is 15.3 Å². The number of thioether (sulfide) groups is 1. The number of carboxylic acid groups (broad SMARTS) is 1. The van der Waals surface area contributed by atoms with E-state index in [-0.39, 0.29) is 123 Å². The van der Waals surface area contributed by atoms with Crippen molar-refractivity contribution in [1.29, 1.82) is 0 Å². The van der Waals surface area contributed by atoms with Crippen LogP contribution in [0.1, 0.15) is 154 Å². The number of nitrogens with two attached hydrogens (primary N) is 2. The minimum Gasteiger partial charge on any atom is -0.492 e. The number of amides is 5. The Balaban J connectivity index is 0.920. The average molecular weight is 1970 g/mol. The molecule has 40 heteroatoms. The minimum atomic E-state index is -1.95. The van der Waals surface area contributed by atoms with Crippen molar-refractivity contribution < 1.29 is 140 Å². The van der Waals surface area contributed by atoms with Crippen LogP contribution < -0.4 is 47.1 Å². The Labute approximate surface area is 770 Å². The SMILES string of the molecule is CCN(C(=O)OCc1ccc(NC(=O)[C@H](CCCNC(N)=O)CC(=O)[C@@H](NC(=O)[C@H](CCCCN)CC(C)=O)C(C)C)cc1)[C@H]1CO[C@@H](O[C@H]2[C@H](O[C@H]3C#C/C=C(/C)C#CC45C(CC(C)=O)C(=O)C[C@]4(O)/C(=C/CSSCC(=O)O)C35)O[C@H](C)[C@@H](NO[C@H]3C[C@H](O)[C@H](SC(=O)c4c(C)c(I)c(O[C@@H]5O[C@@H](C)[C@H](O)[C@@H](OC)[C@H]5O)c(OC)c4OC)[C@@H](C)O3)[C@@H]2O)C[C@@H]1OC. The number of ether oxygens (including phenoxy) is 12. The molecule has 5 amide bonds. The highest BCUT2D eigenvalue weighted by Crippen LogP contribution is 2.70. The standard InChI is InChI=1S/C88H122IN7O29S3/c1-15-96(86(111)118-40-51-24-26-54(27-25-51)93-80(107)53(22-19-32-92-85(91)110)36-58(99)69(43(2)3)94-81(108)52(34-45(5)97)21-16-17-31-90)57-41-117-64(38-62(57)113-11)123-77-72(105)70(48(8)120-84(77)122-61-23-18-20-44(4)28-30-87-56(35-46(6)98)60(101)39-88(87,112)55(67(61)87)29-33-126-127-42-63(102)103)95-125-65-37-59(100)79(50(10)119-65)128-82(109)66-47(7)68(89)75(78(116-14)74(66)114-12)124-83-73(106)76(115-13)71(104)49(9)121-83/h20,24-27,29,43,48-50,52-53,56-57,59,61-62,64-65,67,69-73,76-77,79,83-84,95,100,104-106,112H,15-17,19,21-22,31-42,90H2,1-14H3,(H,93,107)(H,94,108)(H,102,103)(H3,91,92,110)/b44-20-,55-29+/t48-,49+,50-,52-,53-,56?,57+,59+,61+,62+,64+,65+,67?,69+,70-,71+,72+,73-,76-,77-,79-,83+,84+,87?,88+/m1/s1. The fourth-order valence-electron chi connectivity index (χ4n) is 17.5. The van der Waals surface area contributed by atoms with Crippen molar-refractivity contribution in [3.05, 3.63) is 67.8 Å². The first-order valence-electron chi connectivity index (χ1n) is 42.7. The van der Waals surface area contributed by atoms with Gasteiger partial charge in [0.2, 0.25) is 29.0 Å². The lowest BCUT2D eigenvalue weighted by Crippen LogP contribution is -2.69. The molecule has 7 aliphatic rings. The summed E-state index contributed by atoms with van der Waals surface area (Å²) in [5.41, 5.74) is 12.4. The quantitative estimate of drug-likeness (QED) is 0.00921. The molecule has 3 unspecified atom stereocenters. The second kappa shape index (κ2) is 48.0. The highest BCUT2D eigenvalue weighted by atomic mass is 127. The number of likely N-dealkylation sites (N-methyl/N-ethyl adjacent to an activating group) is 1. The number of aliphatic hydroxyl groups is 5. The number of hydroxylamine groups is 1. The molecule has 4 saturated heterocycles. The van der Waals surface area contributed by atoms with E-state index in [1.54, 1.807) is 85.7 Å². The van der Waals surface area contributed by atoms with E-state index in [1.807, 2.05) is 22.6 Å². The average Bonchev–Trinajstić information content (AvgIpc) is 1.47. The third kappa shape index (κ3) is 25.2. The maximum Gasteiger partial charge on any atom is 0.410 e. The second-order valence-electron chi connectivity index (χ2n) is 33.3. The normalized spacial score (nSPS) is 30.9. The van der Waals surface area contributed by atoms with Crippen molar-refractivity contribution >= 4 is 120 Å². The van der Waals surface area contributed by atoms with Gasteiger partial charge in [0.1, 0.15) is 71.9 Å². The molecular formula is C88H122IN7O29S3. The van der Waals surface area contributed by atoms with Crippen molar-refractivity contribution in [3.63, 3.8) is 0 Å². The van der Waals surface area contributed by atoms with Gasteiger partial charge in [-0.3, -0.25) is 33.6 Å². The largest absolute Gasteiger partial charge is 0.492 e. The molecule has 708 valence electrons. The maximum absolute atomic E-state index is 14.7. The van der Waals surface area contributed by atoms with Crippen LogP contribution in [0.5, 0.6) is 17.2 Å². The summed E-state index contributed by atoms with van der Waals surface area (Å²) in [7, 11) is 7.68. The number of carboxylic acids is 1. The number of nitrogens with one attached hydrogen (secondary N) is 4. The maximum atomic E-state index is 14.7. The fraction of sp³-hybridized carbons (Fsp3) is 0.659. The van der Waals surface area contributed by atoms with Crippen LogP contribution in [-0.4, -0.2) is 281 Å². The molecule has 14 N–H and O–H groups in total. The number of hydrogen-bond donors (Lipinski definition) is 12. The number of rotatable bonds is 44. The summed E-state index contributed by atoms with van der Waals surface area (Å²) in [6, 6.07) is 2.67. The Bertz CT molecular complexity index is 4460. The predicted molar refractivity (Wildman–Crippen MR) is 478 cm³/mol. The minimum absolute atomic E-state index is 0.00807. The van der Waals surface area contributed by atoms with Gasteiger partial charge in [0, 0.05) is 107 Å². The Kier molecular flexibility index (Phi) is 39.2. The number of urea groups is 1. The third-order valence-corrected chi connectivity index (χ3v) is 28.9. The molecule has 1 spiro atoms. The molecule has 2 saturated carbocycles. The van der Waals surface area contributed by atoms with Crippen molar-refractivity contribution in [2.45, 2.75) is 268 Å². The van der Waals surface area contributed by atoms with Gasteiger partial charge in [0.05, 0.1) is 89.3 Å². The Morgan fingerprint density at radius 2 is 1.50 bits per heavy atom. The number of carbonyl (C=O) groups is 10. The van der Waals surface area contributed by atoms with Crippen LogP contribution in [0.2, 0.25) is 0 Å². The summed E-state index contributed by atoms with van der Waals surface area (Å²) in [6.07, 6.45) is -15.4. The second-order valence-corrected chi connectivity index (χ2v) is 38.1. The summed E-state index contributed by atoms with van der Waals surface area (Å²) < 4.78 is 75.0. The lowest BCUT2D eigenvalue weighted by molar-refractivity contribution is -0.343. The fourth-order valence-corrected chi connectivity index (χ4v) is 20.8. The number of benzene rings is 2. The highest BCUT2D eigenvalue weighted by molar-refractivity contribution is 14.1. The topological polar surface area (TPSA) is 515 Å². The Hall–Kier alpha value is -7.12. The van der Waals surface area contributed by atoms with Crippen molar-refractivity contribution in [1.82, 2.24) is 21.0 Å². The van der Waals surface area contributed by atoms with Gasteiger partial charge in [0.25, 0.3) is 0 Å². The van der Waals surface area contributed by atoms with Crippen LogP contribution >= 0.6 is 55.9 Å². The molecule has 2 aromatic rings. The van der Waals surface area contributed by atoms with Gasteiger partial charge in [-0.2, -0.15) is 5.48 Å². The number of aliphatic carboxylic acids is 1. The number of aliphatic hydroxyl groups excluding tert-OH is 4. The number of carbonyl (C=O) groups excluding carboxylic acids is 9. The Morgan fingerprint density at radius 1 is 0.805 bits per heavy atom. The number of anilines is 1. The van der Waals surface area contributed by atoms with Gasteiger partial charge >= 0.3 is 18.1 Å². The van der Waals surface area contributed by atoms with Gasteiger partial charge < -0.3 is 129 Å². The molecule has 2 aromatic carbocycles. The van der Waals surface area contributed by atoms with Crippen LogP contribution in [0.3, 0.4) is 0 Å². The van der Waals surface area contributed by atoms with Crippen molar-refractivity contribution in [2.75, 3.05) is 71.5 Å². The molecule has 9 rings (SSSR count). The van der Waals surface area contributed by atoms with Gasteiger partial charge in [-0.25, -0.2) is 9.59 Å². The number of primary amides is 1. The number of nitrogens with zero attached hydrogens (tertiary/aromatic N) is 1. The summed E-state index contributed by atoms with van der Waals surface area (Å²) >= 11 is 2.76. The predicted octanol–water partition coefficient (Wildman–Crippen LogP) is 5.87. The molecule has 36 nitrogen and oxygen atoms in total. The van der Waals surface area contributed by atoms with E-state index < -0.39 is 203 Å². The van der Waals surface area contributed by atoms with Crippen molar-refractivity contribution in [2.24, 2.45) is 46.5 Å². The van der Waals surface area contributed by atoms with Gasteiger partial charge in [-0.15, -0.1) is 0 Å². The summed E-state index contributed by atoms with van der Waals surface area (Å²) in [5, 5.41) is 76.1. The Morgan fingerprint density at radius 3 is 2.13 bits per heavy atom. The van der Waals surface area contributed by atoms with E-state index in [0.29, 0.717) is 57.3 Å². The molecule has 3 aliphatic carbocycles. The third-order valence-electron chi connectivity index (χ3n) is 24.1. The zero-order valence-electron chi connectivity index (χ0n) is 74.3. The van der Waals surface area contributed by atoms with Crippen molar-refractivity contribution in [3.8, 4) is 40.9 Å². The molecule has 25 atom stereocenters. The van der Waals surface area contributed by atoms with E-state index in [4.69, 9.17) is 73.1 Å². The molecule has 4 heterocycles. The van der Waals surface area contributed by atoms with E-state index in [0.717, 1.165) is 22.6 Å². The van der Waals surface area contributed by atoms with E-state index >= 15 is 0 Å². The first-order valence-corrected chi connectivity index (χ1v) is 47.2. The molecule has 0 radical (unpaired) electrons. The van der Waals surface area contributed by atoms with E-state index in [2.05, 4.69) is 45.1 Å². The molecular weight excluding hydrogens is 1840 g/mol. The number of Topliss-reactive ketones (excluding diaryl/α,β-unsaturated/α-hetero) is 4. The molecule has 4 aliphatic heterocycles.